The van der Waals surface area contributed by atoms with Crippen LogP contribution in [0, 0.1) is 0 Å². The fraction of sp³-hybridized carbons (Fsp3) is 0.286. The molecule has 1 aliphatic carbocycles. The molecule has 0 saturated carbocycles. The average Bonchev–Trinajstić information content (AvgIpc) is 3.14. The van der Waals surface area contributed by atoms with Gasteiger partial charge in [0.05, 0.1) is 11.7 Å². The lowest BCUT2D eigenvalue weighted by Gasteiger charge is -2.34. The molecule has 0 saturated heterocycles. The largest absolute Gasteiger partial charge is 0.454 e. The standard InChI is InChI=1S/C21H20N2O3/c1-2-12-3-6-15-13(9-12)4-7-16-19(22-21(24)23-20(15)16)14-5-8-17-18(10-14)26-11-25-17/h3,5-6,8-10,19H,2,4,7,11H2,1H3,(H2,22,23,24). The van der Waals surface area contributed by atoms with Crippen LogP contribution in [0.4, 0.5) is 4.79 Å². The lowest BCUT2D eigenvalue weighted by atomic mass is 9.82. The van der Waals surface area contributed by atoms with Gasteiger partial charge in [0, 0.05) is 5.56 Å². The Bertz CT molecular complexity index is 948. The Morgan fingerprint density at radius 3 is 2.85 bits per heavy atom. The van der Waals surface area contributed by atoms with Crippen LogP contribution < -0.4 is 20.1 Å². The molecule has 5 heteroatoms. The molecule has 26 heavy (non-hydrogen) atoms. The minimum atomic E-state index is -0.168. The molecular formula is C21H20N2O3. The van der Waals surface area contributed by atoms with Gasteiger partial charge in [-0.1, -0.05) is 31.2 Å². The summed E-state index contributed by atoms with van der Waals surface area (Å²) in [7, 11) is 0. The highest BCUT2D eigenvalue weighted by Crippen LogP contribution is 2.41. The maximum absolute atomic E-state index is 12.4. The van der Waals surface area contributed by atoms with Crippen LogP contribution in [0.5, 0.6) is 11.5 Å². The molecule has 0 aromatic heterocycles. The molecule has 1 unspecified atom stereocenters. The molecular weight excluding hydrogens is 328 g/mol. The van der Waals surface area contributed by atoms with Gasteiger partial charge < -0.3 is 20.1 Å². The van der Waals surface area contributed by atoms with Crippen LogP contribution in [0.3, 0.4) is 0 Å². The van der Waals surface area contributed by atoms with Crippen LogP contribution in [0.1, 0.15) is 41.6 Å². The summed E-state index contributed by atoms with van der Waals surface area (Å²) in [6.07, 6.45) is 2.93. The van der Waals surface area contributed by atoms with Gasteiger partial charge in [-0.25, -0.2) is 4.79 Å². The zero-order chi connectivity index (χ0) is 17.7. The predicted molar refractivity (Wildman–Crippen MR) is 98.0 cm³/mol. The number of carbonyl (C=O) groups excluding carboxylic acids is 1. The van der Waals surface area contributed by atoms with E-state index in [0.29, 0.717) is 0 Å². The molecule has 5 rings (SSSR count). The van der Waals surface area contributed by atoms with E-state index in [1.165, 1.54) is 16.7 Å². The summed E-state index contributed by atoms with van der Waals surface area (Å²) < 4.78 is 10.9. The summed E-state index contributed by atoms with van der Waals surface area (Å²) in [6.45, 7) is 2.41. The van der Waals surface area contributed by atoms with Gasteiger partial charge in [-0.15, -0.1) is 0 Å². The molecule has 3 aliphatic rings. The Hall–Kier alpha value is -2.95. The Balaban J connectivity index is 1.60. The summed E-state index contributed by atoms with van der Waals surface area (Å²) in [6, 6.07) is 12.1. The summed E-state index contributed by atoms with van der Waals surface area (Å²) in [5, 5.41) is 6.11. The number of ether oxygens (including phenoxy) is 2. The number of aryl methyl sites for hydroxylation is 2. The number of carbonyl (C=O) groups is 1. The third-order valence-corrected chi connectivity index (χ3v) is 5.42. The quantitative estimate of drug-likeness (QED) is 0.870. The highest BCUT2D eigenvalue weighted by atomic mass is 16.7. The number of rotatable bonds is 2. The lowest BCUT2D eigenvalue weighted by Crippen LogP contribution is -2.44. The van der Waals surface area contributed by atoms with Crippen molar-refractivity contribution < 1.29 is 14.3 Å². The Morgan fingerprint density at radius 2 is 1.96 bits per heavy atom. The molecule has 0 spiro atoms. The SMILES string of the molecule is CCc1ccc2c(c1)CCC1=C2NC(=O)NC1c1ccc2c(c1)OCO2. The van der Waals surface area contributed by atoms with Crippen molar-refractivity contribution in [3.63, 3.8) is 0 Å². The van der Waals surface area contributed by atoms with Crippen LogP contribution >= 0.6 is 0 Å². The average molecular weight is 348 g/mol. The fourth-order valence-electron chi connectivity index (χ4n) is 4.07. The van der Waals surface area contributed by atoms with Gasteiger partial charge >= 0.3 is 6.03 Å². The Kier molecular flexibility index (Phi) is 3.42. The van der Waals surface area contributed by atoms with E-state index < -0.39 is 0 Å². The van der Waals surface area contributed by atoms with E-state index >= 15 is 0 Å². The first kappa shape index (κ1) is 15.3. The molecule has 5 nitrogen and oxygen atoms in total. The van der Waals surface area contributed by atoms with Crippen molar-refractivity contribution in [2.24, 2.45) is 0 Å². The van der Waals surface area contributed by atoms with Crippen LogP contribution in [0.15, 0.2) is 42.0 Å². The van der Waals surface area contributed by atoms with Gasteiger partial charge in [0.1, 0.15) is 0 Å². The van der Waals surface area contributed by atoms with E-state index in [0.717, 1.165) is 47.6 Å². The Labute approximate surface area is 152 Å². The number of nitrogens with one attached hydrogen (secondary N) is 2. The molecule has 0 fully saturated rings. The number of fused-ring (bicyclic) bond motifs is 3. The molecule has 2 amide bonds. The molecule has 2 aromatic rings. The van der Waals surface area contributed by atoms with Gasteiger partial charge in [0.25, 0.3) is 0 Å². The maximum Gasteiger partial charge on any atom is 0.319 e. The van der Waals surface area contributed by atoms with Crippen molar-refractivity contribution in [3.8, 4) is 11.5 Å². The van der Waals surface area contributed by atoms with Crippen molar-refractivity contribution in [3.05, 3.63) is 64.2 Å². The van der Waals surface area contributed by atoms with Gasteiger partial charge in [0.15, 0.2) is 11.5 Å². The summed E-state index contributed by atoms with van der Waals surface area (Å²) >= 11 is 0. The Morgan fingerprint density at radius 1 is 1.08 bits per heavy atom. The first-order valence-corrected chi connectivity index (χ1v) is 9.05. The molecule has 2 N–H and O–H groups in total. The number of hydrogen-bond acceptors (Lipinski definition) is 3. The number of amides is 2. The van der Waals surface area contributed by atoms with Gasteiger partial charge in [-0.05, 0) is 53.7 Å². The van der Waals surface area contributed by atoms with Crippen LogP contribution in [0.2, 0.25) is 0 Å². The second-order valence-corrected chi connectivity index (χ2v) is 6.89. The van der Waals surface area contributed by atoms with Crippen LogP contribution in [-0.4, -0.2) is 12.8 Å². The third-order valence-electron chi connectivity index (χ3n) is 5.42. The second-order valence-electron chi connectivity index (χ2n) is 6.89. The van der Waals surface area contributed by atoms with E-state index in [1.54, 1.807) is 0 Å². The highest BCUT2D eigenvalue weighted by molar-refractivity contribution is 5.91. The van der Waals surface area contributed by atoms with Crippen molar-refractivity contribution in [1.82, 2.24) is 10.6 Å². The number of urea groups is 1. The molecule has 2 aromatic carbocycles. The van der Waals surface area contributed by atoms with Crippen LogP contribution in [0.25, 0.3) is 5.70 Å². The van der Waals surface area contributed by atoms with E-state index in [2.05, 4.69) is 35.8 Å². The topological polar surface area (TPSA) is 59.6 Å². The predicted octanol–water partition coefficient (Wildman–Crippen LogP) is 3.69. The van der Waals surface area contributed by atoms with E-state index in [9.17, 15) is 4.79 Å². The number of benzene rings is 2. The number of hydrogen-bond donors (Lipinski definition) is 2. The van der Waals surface area contributed by atoms with Gasteiger partial charge in [0.2, 0.25) is 6.79 Å². The van der Waals surface area contributed by atoms with Gasteiger partial charge in [-0.2, -0.15) is 0 Å². The third kappa shape index (κ3) is 2.35. The van der Waals surface area contributed by atoms with E-state index in [1.807, 2.05) is 18.2 Å². The fourth-order valence-corrected chi connectivity index (χ4v) is 4.07. The molecule has 2 aliphatic heterocycles. The molecule has 1 atom stereocenters. The van der Waals surface area contributed by atoms with Crippen molar-refractivity contribution in [2.45, 2.75) is 32.2 Å². The summed E-state index contributed by atoms with van der Waals surface area (Å²) in [5.74, 6) is 1.49. The second kappa shape index (κ2) is 5.80. The zero-order valence-corrected chi connectivity index (χ0v) is 14.6. The molecule has 0 radical (unpaired) electrons. The van der Waals surface area contributed by atoms with Crippen molar-refractivity contribution >= 4 is 11.7 Å². The van der Waals surface area contributed by atoms with Crippen molar-refractivity contribution in [1.29, 1.82) is 0 Å². The highest BCUT2D eigenvalue weighted by Gasteiger charge is 2.32. The minimum absolute atomic E-state index is 0.146. The van der Waals surface area contributed by atoms with Crippen molar-refractivity contribution in [2.75, 3.05) is 6.79 Å². The summed E-state index contributed by atoms with van der Waals surface area (Å²) in [5.41, 5.74) is 6.99. The summed E-state index contributed by atoms with van der Waals surface area (Å²) in [4.78, 5) is 12.4. The molecule has 2 heterocycles. The zero-order valence-electron chi connectivity index (χ0n) is 14.6. The van der Waals surface area contributed by atoms with E-state index in [-0.39, 0.29) is 18.9 Å². The smallest absolute Gasteiger partial charge is 0.319 e. The monoisotopic (exact) mass is 348 g/mol. The lowest BCUT2D eigenvalue weighted by molar-refractivity contribution is 0.174. The minimum Gasteiger partial charge on any atom is -0.454 e. The van der Waals surface area contributed by atoms with Gasteiger partial charge in [-0.3, -0.25) is 0 Å². The first-order chi connectivity index (χ1) is 12.7. The van der Waals surface area contributed by atoms with E-state index in [4.69, 9.17) is 9.47 Å². The maximum atomic E-state index is 12.4. The molecule has 0 bridgehead atoms. The normalized spacial score (nSPS) is 20.2. The van der Waals surface area contributed by atoms with Crippen LogP contribution in [-0.2, 0) is 12.8 Å². The first-order valence-electron chi connectivity index (χ1n) is 9.05. The molecule has 132 valence electrons.